The van der Waals surface area contributed by atoms with Gasteiger partial charge in [-0.15, -0.1) is 11.3 Å². The molecule has 0 spiro atoms. The maximum atomic E-state index is 12.1. The second-order valence-electron chi connectivity index (χ2n) is 6.51. The molecule has 1 amide bonds. The number of rotatable bonds is 5. The van der Waals surface area contributed by atoms with Crippen LogP contribution in [-0.4, -0.2) is 47.4 Å². The van der Waals surface area contributed by atoms with Gasteiger partial charge in [-0.2, -0.15) is 0 Å². The largest absolute Gasteiger partial charge is 0.357 e. The van der Waals surface area contributed by atoms with Gasteiger partial charge in [-0.05, 0) is 27.2 Å². The van der Waals surface area contributed by atoms with Gasteiger partial charge in [-0.1, -0.05) is 13.8 Å². The Kier molecular flexibility index (Phi) is 6.60. The number of hydrogen-bond acceptors (Lipinski definition) is 4. The summed E-state index contributed by atoms with van der Waals surface area (Å²) in [6, 6.07) is 0.259. The highest BCUT2D eigenvalue weighted by Gasteiger charge is 2.27. The second-order valence-corrected chi connectivity index (χ2v) is 7.79. The zero-order chi connectivity index (χ0) is 17.7. The maximum absolute atomic E-state index is 12.1. The third-order valence-electron chi connectivity index (χ3n) is 4.06. The van der Waals surface area contributed by atoms with Crippen LogP contribution in [0.3, 0.4) is 0 Å². The molecule has 1 aromatic rings. The van der Waals surface area contributed by atoms with Crippen LogP contribution >= 0.6 is 11.3 Å². The molecule has 1 aliphatic heterocycles. The van der Waals surface area contributed by atoms with Crippen LogP contribution in [0.1, 0.15) is 42.8 Å². The number of likely N-dealkylation sites (tertiary alicyclic amines) is 1. The normalized spacial score (nSPS) is 18.3. The van der Waals surface area contributed by atoms with E-state index >= 15 is 0 Å². The summed E-state index contributed by atoms with van der Waals surface area (Å²) < 4.78 is 0. The Labute approximate surface area is 148 Å². The van der Waals surface area contributed by atoms with Crippen molar-refractivity contribution in [3.63, 3.8) is 0 Å². The van der Waals surface area contributed by atoms with Crippen molar-refractivity contribution in [1.29, 1.82) is 0 Å². The van der Waals surface area contributed by atoms with Gasteiger partial charge in [0.05, 0.1) is 17.2 Å². The first kappa shape index (κ1) is 18.7. The third-order valence-corrected chi connectivity index (χ3v) is 5.12. The van der Waals surface area contributed by atoms with Gasteiger partial charge in [0.25, 0.3) is 0 Å². The van der Waals surface area contributed by atoms with Gasteiger partial charge in [0.1, 0.15) is 0 Å². The van der Waals surface area contributed by atoms with E-state index in [2.05, 4.69) is 27.5 Å². The summed E-state index contributed by atoms with van der Waals surface area (Å²) in [7, 11) is 0. The van der Waals surface area contributed by atoms with Gasteiger partial charge in [-0.25, -0.2) is 9.98 Å². The molecule has 2 rings (SSSR count). The molecule has 1 fully saturated rings. The minimum atomic E-state index is 0.0585. The van der Waals surface area contributed by atoms with Gasteiger partial charge in [0.2, 0.25) is 5.91 Å². The van der Waals surface area contributed by atoms with E-state index in [0.717, 1.165) is 42.7 Å². The lowest BCUT2D eigenvalue weighted by atomic mass is 10.2. The topological polar surface area (TPSA) is 69.6 Å². The second kappa shape index (κ2) is 8.46. The first-order chi connectivity index (χ1) is 11.4. The van der Waals surface area contributed by atoms with Crippen molar-refractivity contribution in [2.75, 3.05) is 19.6 Å². The van der Waals surface area contributed by atoms with Crippen molar-refractivity contribution in [2.24, 2.45) is 10.9 Å². The van der Waals surface area contributed by atoms with Crippen molar-refractivity contribution in [1.82, 2.24) is 20.5 Å². The van der Waals surface area contributed by atoms with Crippen LogP contribution in [0.5, 0.6) is 0 Å². The number of amides is 1. The zero-order valence-electron chi connectivity index (χ0n) is 15.3. The number of carbonyl (C=O) groups excluding carboxylic acids is 1. The molecule has 0 bridgehead atoms. The monoisotopic (exact) mass is 351 g/mol. The van der Waals surface area contributed by atoms with Crippen molar-refractivity contribution in [3.8, 4) is 0 Å². The molecule has 1 aromatic heterocycles. The molecule has 1 saturated heterocycles. The van der Waals surface area contributed by atoms with Gasteiger partial charge >= 0.3 is 0 Å². The number of nitrogens with one attached hydrogen (secondary N) is 2. The molecule has 7 heteroatoms. The molecule has 2 heterocycles. The van der Waals surface area contributed by atoms with Gasteiger partial charge in [-0.3, -0.25) is 4.79 Å². The Bertz CT molecular complexity index is 596. The average molecular weight is 352 g/mol. The fourth-order valence-corrected chi connectivity index (χ4v) is 3.69. The summed E-state index contributed by atoms with van der Waals surface area (Å²) in [4.78, 5) is 24.4. The molecule has 0 aromatic carbocycles. The smallest absolute Gasteiger partial charge is 0.225 e. The lowest BCUT2D eigenvalue weighted by molar-refractivity contribution is -0.133. The highest BCUT2D eigenvalue weighted by atomic mass is 32.1. The average Bonchev–Trinajstić information content (AvgIpc) is 3.10. The Balaban J connectivity index is 1.95. The SMILES string of the molecule is CCNC(=NCc1sc(C)nc1C)NC1CCN(C(=O)C(C)C)C1. The number of aromatic nitrogens is 1. The molecule has 2 N–H and O–H groups in total. The minimum Gasteiger partial charge on any atom is -0.357 e. The Hall–Kier alpha value is -1.63. The Morgan fingerprint density at radius 2 is 2.21 bits per heavy atom. The van der Waals surface area contributed by atoms with Crippen LogP contribution in [0.25, 0.3) is 0 Å². The molecule has 6 nitrogen and oxygen atoms in total. The Morgan fingerprint density at radius 1 is 1.46 bits per heavy atom. The van der Waals surface area contributed by atoms with Crippen molar-refractivity contribution >= 4 is 23.2 Å². The number of nitrogens with zero attached hydrogens (tertiary/aromatic N) is 3. The number of guanidine groups is 1. The number of aliphatic imine (C=N–C) groups is 1. The predicted molar refractivity (Wildman–Crippen MR) is 99.4 cm³/mol. The molecule has 24 heavy (non-hydrogen) atoms. The van der Waals surface area contributed by atoms with E-state index in [-0.39, 0.29) is 17.9 Å². The highest BCUT2D eigenvalue weighted by Crippen LogP contribution is 2.18. The van der Waals surface area contributed by atoms with Crippen LogP contribution in [0.4, 0.5) is 0 Å². The first-order valence-corrected chi connectivity index (χ1v) is 9.48. The van der Waals surface area contributed by atoms with E-state index in [1.807, 2.05) is 32.6 Å². The number of thiazole rings is 1. The van der Waals surface area contributed by atoms with E-state index in [9.17, 15) is 4.79 Å². The first-order valence-electron chi connectivity index (χ1n) is 8.67. The van der Waals surface area contributed by atoms with Crippen LogP contribution < -0.4 is 10.6 Å². The van der Waals surface area contributed by atoms with Gasteiger partial charge in [0.15, 0.2) is 5.96 Å². The van der Waals surface area contributed by atoms with Crippen LogP contribution in [0, 0.1) is 19.8 Å². The van der Waals surface area contributed by atoms with Crippen molar-refractivity contribution in [3.05, 3.63) is 15.6 Å². The quantitative estimate of drug-likeness (QED) is 0.629. The lowest BCUT2D eigenvalue weighted by Gasteiger charge is -2.20. The minimum absolute atomic E-state index is 0.0585. The highest BCUT2D eigenvalue weighted by molar-refractivity contribution is 7.11. The fourth-order valence-electron chi connectivity index (χ4n) is 2.83. The number of carbonyl (C=O) groups is 1. The summed E-state index contributed by atoms with van der Waals surface area (Å²) in [6.07, 6.45) is 0.960. The molecular formula is C17H29N5OS. The summed E-state index contributed by atoms with van der Waals surface area (Å²) in [5.74, 6) is 1.10. The number of hydrogen-bond donors (Lipinski definition) is 2. The summed E-state index contributed by atoms with van der Waals surface area (Å²) in [6.45, 7) is 13.0. The van der Waals surface area contributed by atoms with E-state index < -0.39 is 0 Å². The zero-order valence-corrected chi connectivity index (χ0v) is 16.2. The molecule has 0 radical (unpaired) electrons. The van der Waals surface area contributed by atoms with E-state index in [0.29, 0.717) is 6.54 Å². The molecule has 1 aliphatic rings. The molecule has 1 atom stereocenters. The van der Waals surface area contributed by atoms with Crippen LogP contribution in [0.15, 0.2) is 4.99 Å². The van der Waals surface area contributed by atoms with E-state index in [1.54, 1.807) is 11.3 Å². The van der Waals surface area contributed by atoms with Crippen LogP contribution in [-0.2, 0) is 11.3 Å². The Morgan fingerprint density at radius 3 is 2.79 bits per heavy atom. The summed E-state index contributed by atoms with van der Waals surface area (Å²) >= 11 is 1.70. The summed E-state index contributed by atoms with van der Waals surface area (Å²) in [5.41, 5.74) is 1.06. The third kappa shape index (κ3) is 4.93. The van der Waals surface area contributed by atoms with Crippen LogP contribution in [0.2, 0.25) is 0 Å². The van der Waals surface area contributed by atoms with E-state index in [4.69, 9.17) is 0 Å². The van der Waals surface area contributed by atoms with E-state index in [1.165, 1.54) is 4.88 Å². The van der Waals surface area contributed by atoms with Gasteiger partial charge < -0.3 is 15.5 Å². The molecule has 0 saturated carbocycles. The molecule has 0 aliphatic carbocycles. The fraction of sp³-hybridized carbons (Fsp3) is 0.706. The predicted octanol–water partition coefficient (Wildman–Crippen LogP) is 2.07. The maximum Gasteiger partial charge on any atom is 0.225 e. The molecule has 1 unspecified atom stereocenters. The van der Waals surface area contributed by atoms with Crippen molar-refractivity contribution in [2.45, 2.75) is 53.6 Å². The summed E-state index contributed by atoms with van der Waals surface area (Å²) in [5, 5.41) is 7.84. The van der Waals surface area contributed by atoms with Gasteiger partial charge in [0, 0.05) is 36.5 Å². The molecule has 134 valence electrons. The number of aryl methyl sites for hydroxylation is 2. The molecular weight excluding hydrogens is 322 g/mol. The lowest BCUT2D eigenvalue weighted by Crippen LogP contribution is -2.45. The van der Waals surface area contributed by atoms with Crippen molar-refractivity contribution < 1.29 is 4.79 Å². The standard InChI is InChI=1S/C17H29N5OS/c1-6-18-17(19-9-15-12(4)20-13(5)24-15)21-14-7-8-22(10-14)16(23)11(2)3/h11,14H,6-10H2,1-5H3,(H2,18,19,21).